The number of allylic oxidation sites excluding steroid dienone is 1. The molecule has 0 amide bonds. The van der Waals surface area contributed by atoms with Gasteiger partial charge >= 0.3 is 0 Å². The lowest BCUT2D eigenvalue weighted by Gasteiger charge is -2.22. The summed E-state index contributed by atoms with van der Waals surface area (Å²) >= 11 is 0. The van der Waals surface area contributed by atoms with E-state index in [9.17, 15) is 0 Å². The van der Waals surface area contributed by atoms with Gasteiger partial charge < -0.3 is 10.5 Å². The molecule has 0 saturated heterocycles. The highest BCUT2D eigenvalue weighted by Crippen LogP contribution is 2.10. The van der Waals surface area contributed by atoms with Crippen LogP contribution in [-0.2, 0) is 4.74 Å². The molecule has 0 aliphatic rings. The SMILES string of the molecule is C=CCCCCCC(N)COC(C)(C)C. The monoisotopic (exact) mass is 213 g/mol. The highest BCUT2D eigenvalue weighted by Gasteiger charge is 2.12. The van der Waals surface area contributed by atoms with E-state index in [2.05, 4.69) is 27.4 Å². The number of ether oxygens (including phenoxy) is 1. The molecule has 0 bridgehead atoms. The van der Waals surface area contributed by atoms with E-state index in [-0.39, 0.29) is 11.6 Å². The largest absolute Gasteiger partial charge is 0.374 e. The van der Waals surface area contributed by atoms with Crippen LogP contribution in [0.5, 0.6) is 0 Å². The Balaban J connectivity index is 3.33. The van der Waals surface area contributed by atoms with Crippen LogP contribution < -0.4 is 5.73 Å². The predicted octanol–water partition coefficient (Wildman–Crippen LogP) is 3.27. The predicted molar refractivity (Wildman–Crippen MR) is 67.0 cm³/mol. The molecule has 15 heavy (non-hydrogen) atoms. The fourth-order valence-electron chi connectivity index (χ4n) is 1.31. The van der Waals surface area contributed by atoms with Gasteiger partial charge in [-0.2, -0.15) is 0 Å². The molecule has 1 unspecified atom stereocenters. The maximum atomic E-state index is 5.95. The maximum absolute atomic E-state index is 5.95. The molecular formula is C13H27NO. The molecule has 0 aromatic carbocycles. The third-order valence-electron chi connectivity index (χ3n) is 2.21. The van der Waals surface area contributed by atoms with Crippen molar-refractivity contribution in [1.29, 1.82) is 0 Å². The first kappa shape index (κ1) is 14.7. The Labute approximate surface area is 94.9 Å². The zero-order chi connectivity index (χ0) is 11.7. The van der Waals surface area contributed by atoms with Crippen molar-refractivity contribution in [2.24, 2.45) is 5.73 Å². The summed E-state index contributed by atoms with van der Waals surface area (Å²) in [5.74, 6) is 0. The topological polar surface area (TPSA) is 35.2 Å². The normalized spacial score (nSPS) is 13.9. The second kappa shape index (κ2) is 7.89. The maximum Gasteiger partial charge on any atom is 0.0624 e. The van der Waals surface area contributed by atoms with Crippen LogP contribution in [0.1, 0.15) is 52.9 Å². The molecule has 2 heteroatoms. The second-order valence-corrected chi connectivity index (χ2v) is 5.11. The molecule has 0 spiro atoms. The van der Waals surface area contributed by atoms with E-state index in [1.165, 1.54) is 19.3 Å². The van der Waals surface area contributed by atoms with Gasteiger partial charge in [-0.25, -0.2) is 0 Å². The molecule has 0 saturated carbocycles. The minimum atomic E-state index is -0.0690. The number of nitrogens with two attached hydrogens (primary N) is 1. The van der Waals surface area contributed by atoms with Gasteiger partial charge in [-0.15, -0.1) is 6.58 Å². The van der Waals surface area contributed by atoms with Gasteiger partial charge in [0.2, 0.25) is 0 Å². The Hall–Kier alpha value is -0.340. The molecule has 0 aromatic rings. The van der Waals surface area contributed by atoms with Crippen molar-refractivity contribution >= 4 is 0 Å². The van der Waals surface area contributed by atoms with Gasteiger partial charge in [0.1, 0.15) is 0 Å². The van der Waals surface area contributed by atoms with Gasteiger partial charge in [0.25, 0.3) is 0 Å². The summed E-state index contributed by atoms with van der Waals surface area (Å²) in [6.45, 7) is 10.6. The average molecular weight is 213 g/mol. The van der Waals surface area contributed by atoms with Crippen LogP contribution in [0.4, 0.5) is 0 Å². The number of hydrogen-bond donors (Lipinski definition) is 1. The molecular weight excluding hydrogens is 186 g/mol. The Kier molecular flexibility index (Phi) is 7.71. The molecule has 0 aliphatic carbocycles. The molecule has 0 aliphatic heterocycles. The van der Waals surface area contributed by atoms with Gasteiger partial charge in [-0.1, -0.05) is 18.9 Å². The molecule has 2 N–H and O–H groups in total. The first-order valence-corrected chi connectivity index (χ1v) is 5.96. The zero-order valence-corrected chi connectivity index (χ0v) is 10.6. The van der Waals surface area contributed by atoms with E-state index in [1.54, 1.807) is 0 Å². The summed E-state index contributed by atoms with van der Waals surface area (Å²) in [6.07, 6.45) is 7.83. The summed E-state index contributed by atoms with van der Waals surface area (Å²) in [7, 11) is 0. The van der Waals surface area contributed by atoms with Crippen molar-refractivity contribution in [2.45, 2.75) is 64.5 Å². The Morgan fingerprint density at radius 3 is 2.47 bits per heavy atom. The first-order chi connectivity index (χ1) is 6.95. The van der Waals surface area contributed by atoms with Crippen LogP contribution >= 0.6 is 0 Å². The van der Waals surface area contributed by atoms with Gasteiger partial charge in [-0.05, 0) is 40.0 Å². The average Bonchev–Trinajstić information content (AvgIpc) is 2.13. The molecule has 0 aromatic heterocycles. The number of rotatable bonds is 8. The number of unbranched alkanes of at least 4 members (excludes halogenated alkanes) is 3. The molecule has 1 atom stereocenters. The molecule has 0 fully saturated rings. The standard InChI is InChI=1S/C13H27NO/c1-5-6-7-8-9-10-12(14)11-15-13(2,3)4/h5,12H,1,6-11,14H2,2-4H3. The lowest BCUT2D eigenvalue weighted by atomic mass is 10.1. The van der Waals surface area contributed by atoms with E-state index < -0.39 is 0 Å². The summed E-state index contributed by atoms with van der Waals surface area (Å²) in [4.78, 5) is 0. The van der Waals surface area contributed by atoms with Crippen molar-refractivity contribution in [2.75, 3.05) is 6.61 Å². The fraction of sp³-hybridized carbons (Fsp3) is 0.846. The van der Waals surface area contributed by atoms with Crippen LogP contribution in [0.15, 0.2) is 12.7 Å². The van der Waals surface area contributed by atoms with Crippen LogP contribution in [0.25, 0.3) is 0 Å². The second-order valence-electron chi connectivity index (χ2n) is 5.11. The minimum Gasteiger partial charge on any atom is -0.374 e. The third kappa shape index (κ3) is 11.6. The van der Waals surface area contributed by atoms with Crippen LogP contribution in [0.2, 0.25) is 0 Å². The molecule has 2 nitrogen and oxygen atoms in total. The van der Waals surface area contributed by atoms with Crippen molar-refractivity contribution in [3.8, 4) is 0 Å². The van der Waals surface area contributed by atoms with Gasteiger partial charge in [-0.3, -0.25) is 0 Å². The molecule has 0 rings (SSSR count). The van der Waals surface area contributed by atoms with E-state index in [1.807, 2.05) is 6.08 Å². The lowest BCUT2D eigenvalue weighted by molar-refractivity contribution is -0.0110. The van der Waals surface area contributed by atoms with E-state index in [4.69, 9.17) is 10.5 Å². The highest BCUT2D eigenvalue weighted by atomic mass is 16.5. The van der Waals surface area contributed by atoms with Crippen LogP contribution in [-0.4, -0.2) is 18.2 Å². The summed E-state index contributed by atoms with van der Waals surface area (Å²) in [5.41, 5.74) is 5.88. The summed E-state index contributed by atoms with van der Waals surface area (Å²) < 4.78 is 5.63. The van der Waals surface area contributed by atoms with Gasteiger partial charge in [0, 0.05) is 6.04 Å². The number of hydrogen-bond acceptors (Lipinski definition) is 2. The van der Waals surface area contributed by atoms with E-state index >= 15 is 0 Å². The van der Waals surface area contributed by atoms with Crippen LogP contribution in [0.3, 0.4) is 0 Å². The molecule has 90 valence electrons. The third-order valence-corrected chi connectivity index (χ3v) is 2.21. The van der Waals surface area contributed by atoms with E-state index in [0.29, 0.717) is 6.61 Å². The fourth-order valence-corrected chi connectivity index (χ4v) is 1.31. The van der Waals surface area contributed by atoms with Crippen LogP contribution in [0, 0.1) is 0 Å². The van der Waals surface area contributed by atoms with Crippen molar-refractivity contribution in [3.05, 3.63) is 12.7 Å². The van der Waals surface area contributed by atoms with Crippen molar-refractivity contribution < 1.29 is 4.74 Å². The molecule has 0 radical (unpaired) electrons. The summed E-state index contributed by atoms with van der Waals surface area (Å²) in [5, 5.41) is 0. The molecule has 0 heterocycles. The minimum absolute atomic E-state index is 0.0690. The smallest absolute Gasteiger partial charge is 0.0624 e. The summed E-state index contributed by atoms with van der Waals surface area (Å²) in [6, 6.07) is 0.188. The van der Waals surface area contributed by atoms with Crippen molar-refractivity contribution in [1.82, 2.24) is 0 Å². The zero-order valence-electron chi connectivity index (χ0n) is 10.6. The van der Waals surface area contributed by atoms with E-state index in [0.717, 1.165) is 12.8 Å². The van der Waals surface area contributed by atoms with Gasteiger partial charge in [0.05, 0.1) is 12.2 Å². The Morgan fingerprint density at radius 1 is 1.27 bits per heavy atom. The van der Waals surface area contributed by atoms with Crippen molar-refractivity contribution in [3.63, 3.8) is 0 Å². The highest BCUT2D eigenvalue weighted by molar-refractivity contribution is 4.67. The Morgan fingerprint density at radius 2 is 1.93 bits per heavy atom. The first-order valence-electron chi connectivity index (χ1n) is 5.96. The quantitative estimate of drug-likeness (QED) is 0.496. The Bertz CT molecular complexity index is 160. The van der Waals surface area contributed by atoms with Gasteiger partial charge in [0.15, 0.2) is 0 Å². The lowest BCUT2D eigenvalue weighted by Crippen LogP contribution is -2.31.